The predicted molar refractivity (Wildman–Crippen MR) is 69.3 cm³/mol. The molecule has 0 atom stereocenters. The van der Waals surface area contributed by atoms with Crippen LogP contribution < -0.4 is 9.47 Å². The Morgan fingerprint density at radius 2 is 1.95 bits per heavy atom. The van der Waals surface area contributed by atoms with Crippen LogP contribution in [0.5, 0.6) is 11.5 Å². The van der Waals surface area contributed by atoms with Crippen LogP contribution in [0.4, 0.5) is 0 Å². The topological polar surface area (TPSA) is 82.1 Å². The molecule has 0 aromatic heterocycles. The Hall–Kier alpha value is -1.80. The average Bonchev–Trinajstić information content (AvgIpc) is 2.46. The van der Waals surface area contributed by atoms with Crippen LogP contribution in [-0.4, -0.2) is 52.6 Å². The van der Waals surface area contributed by atoms with E-state index in [0.29, 0.717) is 24.7 Å². The highest BCUT2D eigenvalue weighted by molar-refractivity contribution is 7.89. The van der Waals surface area contributed by atoms with Gasteiger partial charge in [0.1, 0.15) is 19.8 Å². The summed E-state index contributed by atoms with van der Waals surface area (Å²) in [4.78, 5) is 11.2. The highest BCUT2D eigenvalue weighted by atomic mass is 32.2. The largest absolute Gasteiger partial charge is 0.486 e. The number of hydrogen-bond donors (Lipinski definition) is 0. The maximum Gasteiger partial charge on any atom is 0.321 e. The molecular weight excluding hydrogens is 286 g/mol. The van der Waals surface area contributed by atoms with Crippen LogP contribution >= 0.6 is 0 Å². The number of benzene rings is 1. The van der Waals surface area contributed by atoms with Crippen molar-refractivity contribution in [2.75, 3.05) is 33.9 Å². The van der Waals surface area contributed by atoms with E-state index in [0.717, 1.165) is 4.31 Å². The number of methoxy groups -OCH3 is 1. The highest BCUT2D eigenvalue weighted by Crippen LogP contribution is 2.32. The first-order valence-electron chi connectivity index (χ1n) is 5.88. The molecule has 1 heterocycles. The van der Waals surface area contributed by atoms with Gasteiger partial charge in [-0.3, -0.25) is 4.79 Å². The maximum absolute atomic E-state index is 12.3. The standard InChI is InChI=1S/C12H15NO6S/c1-13(8-12(14)17-2)20(15,16)9-3-4-10-11(7-9)19-6-5-18-10/h3-4,7H,5-6,8H2,1-2H3. The minimum absolute atomic E-state index is 0.0353. The van der Waals surface area contributed by atoms with E-state index >= 15 is 0 Å². The fourth-order valence-corrected chi connectivity index (χ4v) is 2.83. The Balaban J connectivity index is 2.27. The van der Waals surface area contributed by atoms with Crippen LogP contribution in [0.1, 0.15) is 0 Å². The number of fused-ring (bicyclic) bond motifs is 1. The Morgan fingerprint density at radius 3 is 2.60 bits per heavy atom. The molecule has 0 spiro atoms. The quantitative estimate of drug-likeness (QED) is 0.742. The molecule has 0 fully saturated rings. The van der Waals surface area contributed by atoms with Crippen LogP contribution in [0.3, 0.4) is 0 Å². The van der Waals surface area contributed by atoms with E-state index in [1.807, 2.05) is 0 Å². The number of nitrogens with zero attached hydrogens (tertiary/aromatic N) is 1. The molecule has 7 nitrogen and oxygen atoms in total. The summed E-state index contributed by atoms with van der Waals surface area (Å²) in [6.07, 6.45) is 0. The summed E-state index contributed by atoms with van der Waals surface area (Å²) >= 11 is 0. The summed E-state index contributed by atoms with van der Waals surface area (Å²) in [6, 6.07) is 4.33. The molecule has 0 aliphatic carbocycles. The number of carbonyl (C=O) groups excluding carboxylic acids is 1. The number of rotatable bonds is 4. The molecule has 110 valence electrons. The fraction of sp³-hybridized carbons (Fsp3) is 0.417. The van der Waals surface area contributed by atoms with Gasteiger partial charge in [0.05, 0.1) is 12.0 Å². The molecule has 20 heavy (non-hydrogen) atoms. The summed E-state index contributed by atoms with van der Waals surface area (Å²) in [5.41, 5.74) is 0. The lowest BCUT2D eigenvalue weighted by atomic mass is 10.3. The summed E-state index contributed by atoms with van der Waals surface area (Å²) in [6.45, 7) is 0.448. The number of hydrogen-bond acceptors (Lipinski definition) is 6. The Morgan fingerprint density at radius 1 is 1.30 bits per heavy atom. The number of carbonyl (C=O) groups is 1. The molecule has 0 bridgehead atoms. The summed E-state index contributed by atoms with van der Waals surface area (Å²) in [5.74, 6) is 0.253. The average molecular weight is 301 g/mol. The van der Waals surface area contributed by atoms with Gasteiger partial charge in [0.2, 0.25) is 10.0 Å². The van der Waals surface area contributed by atoms with Gasteiger partial charge in [-0.1, -0.05) is 0 Å². The van der Waals surface area contributed by atoms with Crippen molar-refractivity contribution in [2.45, 2.75) is 4.90 Å². The summed E-state index contributed by atoms with van der Waals surface area (Å²) < 4.78 is 40.6. The Kier molecular flexibility index (Phi) is 4.15. The maximum atomic E-state index is 12.3. The van der Waals surface area contributed by atoms with Gasteiger partial charge in [-0.25, -0.2) is 8.42 Å². The minimum atomic E-state index is -3.78. The second kappa shape index (κ2) is 5.68. The van der Waals surface area contributed by atoms with Gasteiger partial charge in [0.15, 0.2) is 11.5 Å². The van der Waals surface area contributed by atoms with E-state index in [4.69, 9.17) is 9.47 Å². The number of sulfonamides is 1. The molecule has 1 aromatic rings. The molecule has 0 unspecified atom stereocenters. The zero-order valence-corrected chi connectivity index (χ0v) is 12.0. The summed E-state index contributed by atoms with van der Waals surface area (Å²) in [7, 11) is -1.27. The van der Waals surface area contributed by atoms with Crippen molar-refractivity contribution in [1.29, 1.82) is 0 Å². The molecular formula is C12H15NO6S. The molecule has 0 saturated heterocycles. The zero-order chi connectivity index (χ0) is 14.8. The second-order valence-corrected chi connectivity index (χ2v) is 6.19. The van der Waals surface area contributed by atoms with Gasteiger partial charge in [-0.05, 0) is 12.1 Å². The number of likely N-dealkylation sites (N-methyl/N-ethyl adjacent to an activating group) is 1. The molecule has 0 saturated carbocycles. The van der Waals surface area contributed by atoms with Crippen molar-refractivity contribution < 1.29 is 27.4 Å². The normalized spacial score (nSPS) is 14.2. The zero-order valence-electron chi connectivity index (χ0n) is 11.2. The molecule has 1 aliphatic heterocycles. The third kappa shape index (κ3) is 2.86. The van der Waals surface area contributed by atoms with Crippen molar-refractivity contribution in [1.82, 2.24) is 4.31 Å². The lowest BCUT2D eigenvalue weighted by Crippen LogP contribution is -2.32. The smallest absolute Gasteiger partial charge is 0.321 e. The number of ether oxygens (including phenoxy) is 3. The van der Waals surface area contributed by atoms with E-state index in [9.17, 15) is 13.2 Å². The van der Waals surface area contributed by atoms with Crippen molar-refractivity contribution in [2.24, 2.45) is 0 Å². The van der Waals surface area contributed by atoms with Gasteiger partial charge >= 0.3 is 5.97 Å². The van der Waals surface area contributed by atoms with Crippen LogP contribution in [0.2, 0.25) is 0 Å². The summed E-state index contributed by atoms with van der Waals surface area (Å²) in [5, 5.41) is 0. The first-order chi connectivity index (χ1) is 9.45. The van der Waals surface area contributed by atoms with E-state index in [-0.39, 0.29) is 11.4 Å². The second-order valence-electron chi connectivity index (χ2n) is 4.14. The van der Waals surface area contributed by atoms with Crippen molar-refractivity contribution in [3.05, 3.63) is 18.2 Å². The van der Waals surface area contributed by atoms with Gasteiger partial charge in [0.25, 0.3) is 0 Å². The monoisotopic (exact) mass is 301 g/mol. The molecule has 1 aliphatic rings. The fourth-order valence-electron chi connectivity index (χ4n) is 1.70. The van der Waals surface area contributed by atoms with Crippen molar-refractivity contribution >= 4 is 16.0 Å². The van der Waals surface area contributed by atoms with E-state index in [1.165, 1.54) is 32.4 Å². The van der Waals surface area contributed by atoms with Crippen molar-refractivity contribution in [3.63, 3.8) is 0 Å². The molecule has 0 N–H and O–H groups in total. The van der Waals surface area contributed by atoms with Gasteiger partial charge in [0, 0.05) is 13.1 Å². The van der Waals surface area contributed by atoms with Crippen LogP contribution in [0.15, 0.2) is 23.1 Å². The molecule has 1 aromatic carbocycles. The number of esters is 1. The van der Waals surface area contributed by atoms with E-state index < -0.39 is 16.0 Å². The Bertz CT molecular complexity index is 612. The SMILES string of the molecule is COC(=O)CN(C)S(=O)(=O)c1ccc2c(c1)OCCO2. The minimum Gasteiger partial charge on any atom is -0.486 e. The van der Waals surface area contributed by atoms with Gasteiger partial charge < -0.3 is 14.2 Å². The van der Waals surface area contributed by atoms with Gasteiger partial charge in [-0.15, -0.1) is 0 Å². The third-order valence-electron chi connectivity index (χ3n) is 2.80. The highest BCUT2D eigenvalue weighted by Gasteiger charge is 2.25. The van der Waals surface area contributed by atoms with Gasteiger partial charge in [-0.2, -0.15) is 4.31 Å². The molecule has 0 radical (unpaired) electrons. The third-order valence-corrected chi connectivity index (χ3v) is 4.60. The van der Waals surface area contributed by atoms with Crippen LogP contribution in [0.25, 0.3) is 0 Å². The van der Waals surface area contributed by atoms with Crippen LogP contribution in [-0.2, 0) is 19.6 Å². The van der Waals surface area contributed by atoms with E-state index in [1.54, 1.807) is 0 Å². The molecule has 8 heteroatoms. The van der Waals surface area contributed by atoms with E-state index in [2.05, 4.69) is 4.74 Å². The predicted octanol–water partition coefficient (Wildman–Crippen LogP) is 0.251. The van der Waals surface area contributed by atoms with Crippen LogP contribution in [0, 0.1) is 0 Å². The lowest BCUT2D eigenvalue weighted by Gasteiger charge is -2.20. The van der Waals surface area contributed by atoms with Crippen molar-refractivity contribution in [3.8, 4) is 11.5 Å². The lowest BCUT2D eigenvalue weighted by molar-refractivity contribution is -0.140. The first kappa shape index (κ1) is 14.6. The molecule has 2 rings (SSSR count). The molecule has 0 amide bonds. The Labute approximate surface area is 117 Å². The first-order valence-corrected chi connectivity index (χ1v) is 7.32.